The topological polar surface area (TPSA) is 116 Å². The number of nitrogens with zero attached hydrogens (tertiary/aromatic N) is 2. The fraction of sp³-hybridized carbons (Fsp3) is 0.364. The number of ether oxygens (including phenoxy) is 3. The van der Waals surface area contributed by atoms with E-state index in [9.17, 15) is 13.2 Å². The molecule has 0 aliphatic carbocycles. The summed E-state index contributed by atoms with van der Waals surface area (Å²) in [5.41, 5.74) is 1.64. The van der Waals surface area contributed by atoms with Crippen molar-refractivity contribution in [3.63, 3.8) is 0 Å². The van der Waals surface area contributed by atoms with Crippen molar-refractivity contribution in [2.75, 3.05) is 52.4 Å². The third-order valence-corrected chi connectivity index (χ3v) is 6.98. The zero-order valence-corrected chi connectivity index (χ0v) is 19.6. The third-order valence-electron chi connectivity index (χ3n) is 4.94. The van der Waals surface area contributed by atoms with Gasteiger partial charge in [0.05, 0.1) is 38.5 Å². The van der Waals surface area contributed by atoms with Crippen LogP contribution in [0.15, 0.2) is 46.4 Å². The molecule has 2 aromatic rings. The number of sulfonamides is 1. The van der Waals surface area contributed by atoms with Gasteiger partial charge in [0.1, 0.15) is 0 Å². The van der Waals surface area contributed by atoms with Crippen molar-refractivity contribution in [2.45, 2.75) is 11.8 Å². The van der Waals surface area contributed by atoms with E-state index in [-0.39, 0.29) is 11.5 Å². The maximum atomic E-state index is 13.0. The lowest BCUT2D eigenvalue weighted by Gasteiger charge is -2.26. The molecular weight excluding hydrogens is 450 g/mol. The monoisotopic (exact) mass is 477 g/mol. The predicted molar refractivity (Wildman–Crippen MR) is 122 cm³/mol. The molecule has 1 saturated heterocycles. The van der Waals surface area contributed by atoms with Gasteiger partial charge in [0.15, 0.2) is 18.1 Å². The van der Waals surface area contributed by atoms with Gasteiger partial charge in [0.25, 0.3) is 5.91 Å². The Balaban J connectivity index is 1.59. The van der Waals surface area contributed by atoms with E-state index in [4.69, 9.17) is 19.0 Å². The lowest BCUT2D eigenvalue weighted by Crippen LogP contribution is -2.40. The highest BCUT2D eigenvalue weighted by Crippen LogP contribution is 2.27. The summed E-state index contributed by atoms with van der Waals surface area (Å²) >= 11 is 0. The van der Waals surface area contributed by atoms with E-state index >= 15 is 0 Å². The van der Waals surface area contributed by atoms with Crippen LogP contribution < -0.4 is 14.8 Å². The van der Waals surface area contributed by atoms with Crippen molar-refractivity contribution < 1.29 is 32.3 Å². The minimum atomic E-state index is -3.69. The lowest BCUT2D eigenvalue weighted by molar-refractivity contribution is -0.120. The Morgan fingerprint density at radius 3 is 2.55 bits per heavy atom. The summed E-state index contributed by atoms with van der Waals surface area (Å²) in [5, 5.41) is 6.42. The second-order valence-electron chi connectivity index (χ2n) is 7.17. The number of morpholine rings is 1. The molecule has 1 heterocycles. The van der Waals surface area contributed by atoms with Gasteiger partial charge in [-0.1, -0.05) is 11.2 Å². The van der Waals surface area contributed by atoms with Gasteiger partial charge in [-0.15, -0.1) is 0 Å². The molecule has 11 heteroatoms. The molecule has 0 radical (unpaired) electrons. The number of carbonyl (C=O) groups is 1. The zero-order chi connectivity index (χ0) is 23.8. The Morgan fingerprint density at radius 1 is 1.12 bits per heavy atom. The highest BCUT2D eigenvalue weighted by molar-refractivity contribution is 7.89. The van der Waals surface area contributed by atoms with Crippen LogP contribution in [0.3, 0.4) is 0 Å². The molecule has 178 valence electrons. The maximum Gasteiger partial charge on any atom is 0.265 e. The Bertz CT molecular complexity index is 1110. The summed E-state index contributed by atoms with van der Waals surface area (Å²) in [6, 6.07) is 9.95. The first kappa shape index (κ1) is 24.5. The van der Waals surface area contributed by atoms with Gasteiger partial charge in [-0.05, 0) is 42.8 Å². The second kappa shape index (κ2) is 11.1. The van der Waals surface area contributed by atoms with E-state index in [1.807, 2.05) is 0 Å². The minimum Gasteiger partial charge on any atom is -0.493 e. The molecule has 1 aliphatic heterocycles. The molecule has 0 atom stereocenters. The van der Waals surface area contributed by atoms with Crippen LogP contribution in [0.25, 0.3) is 0 Å². The van der Waals surface area contributed by atoms with Gasteiger partial charge in [-0.3, -0.25) is 4.79 Å². The molecule has 3 rings (SSSR count). The first-order valence-electron chi connectivity index (χ1n) is 10.2. The number of hydrogen-bond acceptors (Lipinski definition) is 8. The number of anilines is 1. The fourth-order valence-corrected chi connectivity index (χ4v) is 4.86. The number of benzene rings is 2. The van der Waals surface area contributed by atoms with Crippen molar-refractivity contribution in [1.29, 1.82) is 0 Å². The van der Waals surface area contributed by atoms with Crippen LogP contribution in [0, 0.1) is 6.92 Å². The summed E-state index contributed by atoms with van der Waals surface area (Å²) in [7, 11) is -0.611. The van der Waals surface area contributed by atoms with Crippen molar-refractivity contribution in [1.82, 2.24) is 4.31 Å². The van der Waals surface area contributed by atoms with Crippen LogP contribution in [0.1, 0.15) is 11.1 Å². The molecule has 1 amide bonds. The minimum absolute atomic E-state index is 0.148. The average Bonchev–Trinajstić information content (AvgIpc) is 2.83. The number of oxime groups is 1. The highest BCUT2D eigenvalue weighted by atomic mass is 32.2. The summed E-state index contributed by atoms with van der Waals surface area (Å²) in [6.07, 6.45) is 1.44. The Morgan fingerprint density at radius 2 is 1.85 bits per heavy atom. The maximum absolute atomic E-state index is 13.0. The number of nitrogens with one attached hydrogen (secondary N) is 1. The molecule has 1 fully saturated rings. The molecule has 0 spiro atoms. The standard InChI is InChI=1S/C22H27N3O7S/c1-16-4-6-18(13-21(16)33(27,28)25-8-10-31-11-9-25)24-22(26)15-32-23-14-17-5-7-19(29-2)20(12-17)30-3/h4-7,12-14H,8-11,15H2,1-3H3,(H,24,26)/b23-14+. The van der Waals surface area contributed by atoms with Gasteiger partial charge in [0, 0.05) is 24.3 Å². The molecule has 2 aromatic carbocycles. The van der Waals surface area contributed by atoms with Crippen LogP contribution in [-0.2, 0) is 24.4 Å². The lowest BCUT2D eigenvalue weighted by atomic mass is 10.2. The number of hydrogen-bond donors (Lipinski definition) is 1. The second-order valence-corrected chi connectivity index (χ2v) is 9.07. The number of rotatable bonds is 9. The van der Waals surface area contributed by atoms with Gasteiger partial charge in [0.2, 0.25) is 10.0 Å². The summed E-state index contributed by atoms with van der Waals surface area (Å²) < 4.78 is 43.0. The van der Waals surface area contributed by atoms with Gasteiger partial charge in [-0.25, -0.2) is 8.42 Å². The van der Waals surface area contributed by atoms with Crippen molar-refractivity contribution in [2.24, 2.45) is 5.16 Å². The first-order valence-corrected chi connectivity index (χ1v) is 11.6. The molecule has 0 saturated carbocycles. The summed E-state index contributed by atoms with van der Waals surface area (Å²) in [5.74, 6) is 0.655. The average molecular weight is 478 g/mol. The van der Waals surface area contributed by atoms with E-state index < -0.39 is 15.9 Å². The molecular formula is C22H27N3O7S. The molecule has 1 aliphatic rings. The molecule has 10 nitrogen and oxygen atoms in total. The van der Waals surface area contributed by atoms with Crippen molar-refractivity contribution >= 4 is 27.8 Å². The molecule has 0 bridgehead atoms. The van der Waals surface area contributed by atoms with E-state index in [2.05, 4.69) is 10.5 Å². The highest BCUT2D eigenvalue weighted by Gasteiger charge is 2.28. The summed E-state index contributed by atoms with van der Waals surface area (Å²) in [4.78, 5) is 17.4. The Kier molecular flexibility index (Phi) is 8.26. The van der Waals surface area contributed by atoms with Gasteiger partial charge >= 0.3 is 0 Å². The van der Waals surface area contributed by atoms with Crippen LogP contribution in [0.5, 0.6) is 11.5 Å². The van der Waals surface area contributed by atoms with E-state index in [1.165, 1.54) is 23.7 Å². The van der Waals surface area contributed by atoms with Crippen LogP contribution in [0.4, 0.5) is 5.69 Å². The normalized spacial score (nSPS) is 14.8. The van der Waals surface area contributed by atoms with Crippen molar-refractivity contribution in [3.8, 4) is 11.5 Å². The van der Waals surface area contributed by atoms with Crippen molar-refractivity contribution in [3.05, 3.63) is 47.5 Å². The van der Waals surface area contributed by atoms with Crippen LogP contribution in [-0.4, -0.2) is 72.0 Å². The van der Waals surface area contributed by atoms with Gasteiger partial charge < -0.3 is 24.4 Å². The first-order chi connectivity index (χ1) is 15.8. The van der Waals surface area contributed by atoms with Crippen LogP contribution >= 0.6 is 0 Å². The third kappa shape index (κ3) is 6.21. The molecule has 0 unspecified atom stereocenters. The quantitative estimate of drug-likeness (QED) is 0.434. The molecule has 1 N–H and O–H groups in total. The SMILES string of the molecule is COc1ccc(/C=N/OCC(=O)Nc2ccc(C)c(S(=O)(=O)N3CCOCC3)c2)cc1OC. The van der Waals surface area contributed by atoms with E-state index in [0.29, 0.717) is 54.6 Å². The Labute approximate surface area is 193 Å². The molecule has 33 heavy (non-hydrogen) atoms. The number of methoxy groups -OCH3 is 2. The predicted octanol–water partition coefficient (Wildman–Crippen LogP) is 2.02. The smallest absolute Gasteiger partial charge is 0.265 e. The molecule has 0 aromatic heterocycles. The largest absolute Gasteiger partial charge is 0.493 e. The summed E-state index contributed by atoms with van der Waals surface area (Å²) in [6.45, 7) is 2.68. The number of aryl methyl sites for hydroxylation is 1. The number of carbonyl (C=O) groups excluding carboxylic acids is 1. The Hall–Kier alpha value is -3.15. The number of amides is 1. The van der Waals surface area contributed by atoms with Crippen LogP contribution in [0.2, 0.25) is 0 Å². The zero-order valence-electron chi connectivity index (χ0n) is 18.7. The van der Waals surface area contributed by atoms with E-state index in [1.54, 1.807) is 44.4 Å². The fourth-order valence-electron chi connectivity index (χ4n) is 3.21. The van der Waals surface area contributed by atoms with Gasteiger partial charge in [-0.2, -0.15) is 4.31 Å². The van der Waals surface area contributed by atoms with E-state index in [0.717, 1.165) is 0 Å².